The number of amides is 1. The molecule has 0 spiro atoms. The third-order valence-electron chi connectivity index (χ3n) is 4.08. The quantitative estimate of drug-likeness (QED) is 0.768. The first-order chi connectivity index (χ1) is 13.1. The third kappa shape index (κ3) is 5.49. The Morgan fingerprint density at radius 1 is 1.00 bits per heavy atom. The Morgan fingerprint density at radius 2 is 1.64 bits per heavy atom. The standard InChI is InChI=1S/C22H27NO5/c1-14-7-8-16(12-18(14)20(24)27-6)15-9-10-19(26-5)17(11-15)13-23-21(25)28-22(2,3)4/h7-12H,13H2,1-6H3,(H,23,25). The molecule has 2 aromatic carbocycles. The van der Waals surface area contributed by atoms with Crippen LogP contribution in [0.5, 0.6) is 5.75 Å². The zero-order valence-electron chi connectivity index (χ0n) is 17.2. The Labute approximate surface area is 165 Å². The highest BCUT2D eigenvalue weighted by Gasteiger charge is 2.17. The second-order valence-electron chi connectivity index (χ2n) is 7.40. The van der Waals surface area contributed by atoms with Crippen molar-refractivity contribution in [2.24, 2.45) is 0 Å². The molecule has 0 aliphatic rings. The van der Waals surface area contributed by atoms with Crippen LogP contribution in [0.15, 0.2) is 36.4 Å². The molecule has 0 aromatic heterocycles. The molecule has 0 saturated carbocycles. The summed E-state index contributed by atoms with van der Waals surface area (Å²) in [4.78, 5) is 23.9. The Morgan fingerprint density at radius 3 is 2.25 bits per heavy atom. The third-order valence-corrected chi connectivity index (χ3v) is 4.08. The molecule has 0 aliphatic heterocycles. The van der Waals surface area contributed by atoms with Gasteiger partial charge in [0, 0.05) is 12.1 Å². The molecule has 0 fully saturated rings. The van der Waals surface area contributed by atoms with Crippen molar-refractivity contribution >= 4 is 12.1 Å². The van der Waals surface area contributed by atoms with Gasteiger partial charge in [-0.1, -0.05) is 18.2 Å². The molecule has 0 atom stereocenters. The zero-order chi connectivity index (χ0) is 20.9. The van der Waals surface area contributed by atoms with Crippen LogP contribution in [0.3, 0.4) is 0 Å². The van der Waals surface area contributed by atoms with Crippen LogP contribution in [0.4, 0.5) is 4.79 Å². The number of nitrogens with one attached hydrogen (secondary N) is 1. The molecule has 2 rings (SSSR count). The molecular formula is C22H27NO5. The van der Waals surface area contributed by atoms with Crippen molar-refractivity contribution in [1.82, 2.24) is 5.32 Å². The molecule has 150 valence electrons. The van der Waals surface area contributed by atoms with Crippen LogP contribution in [-0.4, -0.2) is 31.9 Å². The van der Waals surface area contributed by atoms with E-state index in [9.17, 15) is 9.59 Å². The maximum Gasteiger partial charge on any atom is 0.407 e. The number of aryl methyl sites for hydroxylation is 1. The Bertz CT molecular complexity index is 868. The Balaban J connectivity index is 2.30. The van der Waals surface area contributed by atoms with E-state index < -0.39 is 11.7 Å². The van der Waals surface area contributed by atoms with Gasteiger partial charge in [-0.05, 0) is 62.6 Å². The molecule has 0 unspecified atom stereocenters. The average Bonchev–Trinajstić information content (AvgIpc) is 2.64. The fraction of sp³-hybridized carbons (Fsp3) is 0.364. The number of methoxy groups -OCH3 is 2. The van der Waals surface area contributed by atoms with E-state index in [1.54, 1.807) is 13.2 Å². The molecule has 0 bridgehead atoms. The van der Waals surface area contributed by atoms with E-state index in [2.05, 4.69) is 5.32 Å². The zero-order valence-corrected chi connectivity index (χ0v) is 17.2. The van der Waals surface area contributed by atoms with Gasteiger partial charge in [0.2, 0.25) is 0 Å². The predicted octanol–water partition coefficient (Wildman–Crippen LogP) is 4.48. The molecule has 2 aromatic rings. The number of rotatable bonds is 5. The second kappa shape index (κ2) is 8.78. The van der Waals surface area contributed by atoms with Gasteiger partial charge in [0.25, 0.3) is 0 Å². The number of carbonyl (C=O) groups is 2. The minimum Gasteiger partial charge on any atom is -0.496 e. The maximum atomic E-state index is 12.0. The summed E-state index contributed by atoms with van der Waals surface area (Å²) in [5.41, 5.74) is 3.35. The summed E-state index contributed by atoms with van der Waals surface area (Å²) in [6.07, 6.45) is -0.497. The Kier molecular flexibility index (Phi) is 6.67. The largest absolute Gasteiger partial charge is 0.496 e. The monoisotopic (exact) mass is 385 g/mol. The lowest BCUT2D eigenvalue weighted by Crippen LogP contribution is -2.32. The van der Waals surface area contributed by atoms with Crippen LogP contribution in [0.2, 0.25) is 0 Å². The van der Waals surface area contributed by atoms with Gasteiger partial charge in [-0.2, -0.15) is 0 Å². The summed E-state index contributed by atoms with van der Waals surface area (Å²) in [6, 6.07) is 11.3. The predicted molar refractivity (Wildman–Crippen MR) is 108 cm³/mol. The number of carbonyl (C=O) groups excluding carboxylic acids is 2. The first kappa shape index (κ1) is 21.3. The van der Waals surface area contributed by atoms with Gasteiger partial charge in [0.05, 0.1) is 19.8 Å². The van der Waals surface area contributed by atoms with E-state index in [0.717, 1.165) is 22.3 Å². The summed E-state index contributed by atoms with van der Waals surface area (Å²) < 4.78 is 15.5. The molecule has 0 saturated heterocycles. The van der Waals surface area contributed by atoms with E-state index in [-0.39, 0.29) is 12.5 Å². The van der Waals surface area contributed by atoms with E-state index in [0.29, 0.717) is 11.3 Å². The number of esters is 1. The van der Waals surface area contributed by atoms with Crippen molar-refractivity contribution < 1.29 is 23.8 Å². The number of benzene rings is 2. The van der Waals surface area contributed by atoms with Crippen molar-refractivity contribution in [3.8, 4) is 16.9 Å². The van der Waals surface area contributed by atoms with E-state index in [1.807, 2.05) is 58.0 Å². The fourth-order valence-electron chi connectivity index (χ4n) is 2.71. The summed E-state index contributed by atoms with van der Waals surface area (Å²) in [5, 5.41) is 2.74. The van der Waals surface area contributed by atoms with Crippen LogP contribution >= 0.6 is 0 Å². The van der Waals surface area contributed by atoms with Gasteiger partial charge in [0.15, 0.2) is 0 Å². The van der Waals surface area contributed by atoms with Crippen molar-refractivity contribution in [2.75, 3.05) is 14.2 Å². The summed E-state index contributed by atoms with van der Waals surface area (Å²) in [7, 11) is 2.94. The second-order valence-corrected chi connectivity index (χ2v) is 7.40. The molecule has 6 heteroatoms. The van der Waals surface area contributed by atoms with Crippen LogP contribution < -0.4 is 10.1 Å². The van der Waals surface area contributed by atoms with E-state index >= 15 is 0 Å². The molecular weight excluding hydrogens is 358 g/mol. The van der Waals surface area contributed by atoms with Gasteiger partial charge < -0.3 is 19.5 Å². The van der Waals surface area contributed by atoms with Crippen molar-refractivity contribution in [3.05, 3.63) is 53.1 Å². The highest BCUT2D eigenvalue weighted by atomic mass is 16.6. The van der Waals surface area contributed by atoms with Crippen molar-refractivity contribution in [3.63, 3.8) is 0 Å². The first-order valence-corrected chi connectivity index (χ1v) is 8.97. The molecule has 0 radical (unpaired) electrons. The highest BCUT2D eigenvalue weighted by Crippen LogP contribution is 2.28. The van der Waals surface area contributed by atoms with Gasteiger partial charge >= 0.3 is 12.1 Å². The van der Waals surface area contributed by atoms with Crippen LogP contribution in [-0.2, 0) is 16.0 Å². The summed E-state index contributed by atoms with van der Waals surface area (Å²) in [6.45, 7) is 7.54. The van der Waals surface area contributed by atoms with Crippen molar-refractivity contribution in [1.29, 1.82) is 0 Å². The summed E-state index contributed by atoms with van der Waals surface area (Å²) >= 11 is 0. The van der Waals surface area contributed by atoms with Crippen LogP contribution in [0, 0.1) is 6.92 Å². The smallest absolute Gasteiger partial charge is 0.407 e. The number of ether oxygens (including phenoxy) is 3. The van der Waals surface area contributed by atoms with Gasteiger partial charge in [-0.25, -0.2) is 9.59 Å². The number of alkyl carbamates (subject to hydrolysis) is 1. The van der Waals surface area contributed by atoms with E-state index in [4.69, 9.17) is 14.2 Å². The first-order valence-electron chi connectivity index (χ1n) is 8.97. The molecule has 0 aliphatic carbocycles. The molecule has 0 heterocycles. The SMILES string of the molecule is COC(=O)c1cc(-c2ccc(OC)c(CNC(=O)OC(C)(C)C)c2)ccc1C. The minimum absolute atomic E-state index is 0.252. The topological polar surface area (TPSA) is 73.9 Å². The molecule has 1 amide bonds. The molecule has 6 nitrogen and oxygen atoms in total. The lowest BCUT2D eigenvalue weighted by atomic mass is 9.98. The minimum atomic E-state index is -0.567. The van der Waals surface area contributed by atoms with Crippen molar-refractivity contribution in [2.45, 2.75) is 39.8 Å². The number of hydrogen-bond acceptors (Lipinski definition) is 5. The molecule has 1 N–H and O–H groups in total. The van der Waals surface area contributed by atoms with Gasteiger partial charge in [0.1, 0.15) is 11.4 Å². The maximum absolute atomic E-state index is 12.0. The Hall–Kier alpha value is -3.02. The lowest BCUT2D eigenvalue weighted by Gasteiger charge is -2.20. The van der Waals surface area contributed by atoms with Crippen LogP contribution in [0.1, 0.15) is 42.3 Å². The fourth-order valence-corrected chi connectivity index (χ4v) is 2.71. The van der Waals surface area contributed by atoms with Gasteiger partial charge in [-0.15, -0.1) is 0 Å². The van der Waals surface area contributed by atoms with Gasteiger partial charge in [-0.3, -0.25) is 0 Å². The van der Waals surface area contributed by atoms with Crippen LogP contribution in [0.25, 0.3) is 11.1 Å². The lowest BCUT2D eigenvalue weighted by molar-refractivity contribution is 0.0522. The highest BCUT2D eigenvalue weighted by molar-refractivity contribution is 5.92. The summed E-state index contributed by atoms with van der Waals surface area (Å²) in [5.74, 6) is 0.278. The molecule has 28 heavy (non-hydrogen) atoms. The van der Waals surface area contributed by atoms with E-state index in [1.165, 1.54) is 7.11 Å². The number of hydrogen-bond donors (Lipinski definition) is 1. The normalized spacial score (nSPS) is 10.9. The average molecular weight is 385 g/mol.